The van der Waals surface area contributed by atoms with Gasteiger partial charge in [-0.15, -0.1) is 0 Å². The van der Waals surface area contributed by atoms with Gasteiger partial charge in [-0.05, 0) is 41.7 Å². The van der Waals surface area contributed by atoms with E-state index in [1.54, 1.807) is 11.3 Å². The standard InChI is InChI=1S/C36H52N2O2S.BrH/c1-6-7-8-9-10-11-12-13-14-15-16-17-24-40-34-25-32(36(3,4)5)22-23-33(34)37-35(39)31-20-18-30(19-21-31)26-38-28-41-27-29(38)2;/h18-23,25,27-28H,6-17,24,26H2,1-5H3;1H. The molecule has 0 atom stereocenters. The fourth-order valence-electron chi connectivity index (χ4n) is 5.00. The molecule has 4 nitrogen and oxygen atoms in total. The summed E-state index contributed by atoms with van der Waals surface area (Å²) in [6, 6.07) is 14.1. The molecule has 2 aromatic carbocycles. The third-order valence-electron chi connectivity index (χ3n) is 7.80. The maximum absolute atomic E-state index is 13.1. The second-order valence-electron chi connectivity index (χ2n) is 12.5. The van der Waals surface area contributed by atoms with Gasteiger partial charge in [0.25, 0.3) is 5.91 Å². The van der Waals surface area contributed by atoms with Crippen LogP contribution in [0, 0.1) is 6.92 Å². The van der Waals surface area contributed by atoms with Crippen LogP contribution in [0.5, 0.6) is 5.75 Å². The fraction of sp³-hybridized carbons (Fsp3) is 0.556. The molecule has 0 radical (unpaired) electrons. The van der Waals surface area contributed by atoms with Crippen LogP contribution in [0.2, 0.25) is 0 Å². The molecule has 3 aromatic rings. The Morgan fingerprint density at radius 3 is 2.00 bits per heavy atom. The molecular weight excluding hydrogens is 604 g/mol. The molecule has 0 saturated heterocycles. The third-order valence-corrected chi connectivity index (χ3v) is 8.65. The summed E-state index contributed by atoms with van der Waals surface area (Å²) in [6.07, 6.45) is 15.9. The lowest BCUT2D eigenvalue weighted by molar-refractivity contribution is -0.689. The Morgan fingerprint density at radius 2 is 1.45 bits per heavy atom. The first-order valence-electron chi connectivity index (χ1n) is 15.9. The van der Waals surface area contributed by atoms with Crippen molar-refractivity contribution in [3.05, 3.63) is 75.7 Å². The van der Waals surface area contributed by atoms with Crippen LogP contribution in [0.1, 0.15) is 132 Å². The van der Waals surface area contributed by atoms with E-state index in [1.807, 2.05) is 30.3 Å². The molecule has 6 heteroatoms. The molecule has 0 aliphatic rings. The molecule has 1 N–H and O–H groups in total. The largest absolute Gasteiger partial charge is 1.00 e. The molecular formula is C36H53BrN2O2S. The molecule has 0 aliphatic carbocycles. The van der Waals surface area contributed by atoms with E-state index >= 15 is 0 Å². The molecule has 3 rings (SSSR count). The molecule has 1 aromatic heterocycles. The lowest BCUT2D eigenvalue weighted by Crippen LogP contribution is -3.00. The normalized spacial score (nSPS) is 11.3. The number of hydrogen-bond acceptors (Lipinski definition) is 3. The Balaban J connectivity index is 0.00000616. The number of hydrogen-bond donors (Lipinski definition) is 1. The molecule has 0 bridgehead atoms. The lowest BCUT2D eigenvalue weighted by Gasteiger charge is -2.22. The zero-order valence-electron chi connectivity index (χ0n) is 26.6. The van der Waals surface area contributed by atoms with Crippen molar-refractivity contribution in [1.29, 1.82) is 0 Å². The predicted octanol–water partition coefficient (Wildman–Crippen LogP) is 7.03. The van der Waals surface area contributed by atoms with Crippen LogP contribution < -0.4 is 31.6 Å². The van der Waals surface area contributed by atoms with Crippen LogP contribution >= 0.6 is 11.3 Å². The number of thiazole rings is 1. The van der Waals surface area contributed by atoms with Crippen molar-refractivity contribution in [2.45, 2.75) is 124 Å². The van der Waals surface area contributed by atoms with E-state index in [0.29, 0.717) is 12.2 Å². The van der Waals surface area contributed by atoms with E-state index in [4.69, 9.17) is 4.74 Å². The van der Waals surface area contributed by atoms with E-state index in [2.05, 4.69) is 67.5 Å². The minimum atomic E-state index is -0.116. The zero-order valence-corrected chi connectivity index (χ0v) is 29.0. The van der Waals surface area contributed by atoms with E-state index in [-0.39, 0.29) is 28.3 Å². The molecule has 0 saturated carbocycles. The quantitative estimate of drug-likeness (QED) is 0.118. The van der Waals surface area contributed by atoms with E-state index < -0.39 is 0 Å². The summed E-state index contributed by atoms with van der Waals surface area (Å²) in [7, 11) is 0. The minimum Gasteiger partial charge on any atom is -1.00 e. The second-order valence-corrected chi connectivity index (χ2v) is 13.2. The highest BCUT2D eigenvalue weighted by atomic mass is 79.9. The molecule has 0 unspecified atom stereocenters. The summed E-state index contributed by atoms with van der Waals surface area (Å²) >= 11 is 1.70. The highest BCUT2D eigenvalue weighted by Gasteiger charge is 2.18. The first-order valence-corrected chi connectivity index (χ1v) is 16.8. The Morgan fingerprint density at radius 1 is 0.857 bits per heavy atom. The average Bonchev–Trinajstić information content (AvgIpc) is 3.35. The van der Waals surface area contributed by atoms with Gasteiger partial charge in [-0.3, -0.25) is 4.79 Å². The van der Waals surface area contributed by atoms with Gasteiger partial charge < -0.3 is 27.0 Å². The van der Waals surface area contributed by atoms with Crippen LogP contribution in [-0.4, -0.2) is 12.5 Å². The first kappa shape index (κ1) is 36.0. The average molecular weight is 658 g/mol. The van der Waals surface area contributed by atoms with Crippen LogP contribution in [0.4, 0.5) is 5.69 Å². The Labute approximate surface area is 270 Å². The number of carbonyl (C=O) groups excluding carboxylic acids is 1. The number of halogens is 1. The van der Waals surface area contributed by atoms with Gasteiger partial charge in [0.05, 0.1) is 17.7 Å². The predicted molar refractivity (Wildman–Crippen MR) is 174 cm³/mol. The SMILES string of the molecule is CCCCCCCCCCCCCCOc1cc(C(C)(C)C)ccc1NC(=O)c1ccc(C[n+]2cscc2C)cc1.[Br-]. The Bertz CT molecular complexity index is 1180. The van der Waals surface area contributed by atoms with E-state index in [9.17, 15) is 4.79 Å². The van der Waals surface area contributed by atoms with Gasteiger partial charge in [-0.2, -0.15) is 4.57 Å². The van der Waals surface area contributed by atoms with Crippen molar-refractivity contribution < 1.29 is 31.1 Å². The van der Waals surface area contributed by atoms with Crippen LogP contribution in [-0.2, 0) is 12.0 Å². The number of carbonyl (C=O) groups is 1. The highest BCUT2D eigenvalue weighted by molar-refractivity contribution is 7.07. The number of benzene rings is 2. The summed E-state index contributed by atoms with van der Waals surface area (Å²) in [5.41, 5.74) is 7.12. The van der Waals surface area contributed by atoms with Crippen molar-refractivity contribution in [3.63, 3.8) is 0 Å². The number of amides is 1. The fourth-order valence-corrected chi connectivity index (χ4v) is 5.79. The number of nitrogens with zero attached hydrogens (tertiary/aromatic N) is 1. The van der Waals surface area contributed by atoms with E-state index in [1.165, 1.54) is 87.4 Å². The zero-order chi connectivity index (χ0) is 29.5. The summed E-state index contributed by atoms with van der Waals surface area (Å²) in [5.74, 6) is 0.643. The van der Waals surface area contributed by atoms with Crippen molar-refractivity contribution in [2.75, 3.05) is 11.9 Å². The van der Waals surface area contributed by atoms with Gasteiger partial charge in [0.1, 0.15) is 5.75 Å². The second kappa shape index (κ2) is 19.2. The van der Waals surface area contributed by atoms with Crippen molar-refractivity contribution in [1.82, 2.24) is 0 Å². The first-order chi connectivity index (χ1) is 19.8. The topological polar surface area (TPSA) is 42.2 Å². The number of aromatic nitrogens is 1. The number of unbranched alkanes of at least 4 members (excludes halogenated alkanes) is 11. The van der Waals surface area contributed by atoms with Gasteiger partial charge in [0.15, 0.2) is 12.2 Å². The number of rotatable bonds is 18. The summed E-state index contributed by atoms with van der Waals surface area (Å²) in [5, 5.41) is 5.25. The molecule has 1 heterocycles. The smallest absolute Gasteiger partial charge is 0.255 e. The number of aryl methyl sites for hydroxylation is 1. The van der Waals surface area contributed by atoms with Gasteiger partial charge >= 0.3 is 0 Å². The maximum atomic E-state index is 13.1. The summed E-state index contributed by atoms with van der Waals surface area (Å²) in [6.45, 7) is 12.5. The Kier molecular flexibility index (Phi) is 16.4. The van der Waals surface area contributed by atoms with E-state index in [0.717, 1.165) is 24.4 Å². The van der Waals surface area contributed by atoms with Crippen molar-refractivity contribution >= 4 is 22.9 Å². The highest BCUT2D eigenvalue weighted by Crippen LogP contribution is 2.32. The van der Waals surface area contributed by atoms with Crippen LogP contribution in [0.15, 0.2) is 53.4 Å². The van der Waals surface area contributed by atoms with Gasteiger partial charge in [-0.1, -0.05) is 128 Å². The monoisotopic (exact) mass is 656 g/mol. The number of anilines is 1. The number of ether oxygens (including phenoxy) is 1. The minimum absolute atomic E-state index is 0. The molecule has 0 fully saturated rings. The number of nitrogens with one attached hydrogen (secondary N) is 1. The maximum Gasteiger partial charge on any atom is 0.255 e. The van der Waals surface area contributed by atoms with Crippen molar-refractivity contribution in [3.8, 4) is 5.75 Å². The van der Waals surface area contributed by atoms with Crippen molar-refractivity contribution in [2.24, 2.45) is 0 Å². The molecule has 1 amide bonds. The lowest BCUT2D eigenvalue weighted by atomic mass is 9.87. The van der Waals surface area contributed by atoms with Gasteiger partial charge in [0.2, 0.25) is 5.51 Å². The Hall–Kier alpha value is -2.18. The molecule has 0 spiro atoms. The van der Waals surface area contributed by atoms with Gasteiger partial charge in [0, 0.05) is 18.1 Å². The molecule has 232 valence electrons. The molecule has 42 heavy (non-hydrogen) atoms. The van der Waals surface area contributed by atoms with Gasteiger partial charge in [-0.25, -0.2) is 0 Å². The van der Waals surface area contributed by atoms with Crippen LogP contribution in [0.25, 0.3) is 0 Å². The molecule has 0 aliphatic heterocycles. The summed E-state index contributed by atoms with van der Waals surface area (Å²) < 4.78 is 8.49. The summed E-state index contributed by atoms with van der Waals surface area (Å²) in [4.78, 5) is 13.1. The third kappa shape index (κ3) is 12.6. The van der Waals surface area contributed by atoms with Crippen LogP contribution in [0.3, 0.4) is 0 Å².